The lowest BCUT2D eigenvalue weighted by atomic mass is 9.87. The third-order valence-electron chi connectivity index (χ3n) is 2.70. The smallest absolute Gasteiger partial charge is 0.317 e. The van der Waals surface area contributed by atoms with Crippen molar-refractivity contribution < 1.29 is 9.53 Å². The number of hydrogen-bond acceptors (Lipinski definition) is 2. The Morgan fingerprint density at radius 3 is 2.64 bits per heavy atom. The highest BCUT2D eigenvalue weighted by Gasteiger charge is 2.11. The molecule has 0 N–H and O–H groups in total. The zero-order valence-electron chi connectivity index (χ0n) is 8.84. The van der Waals surface area contributed by atoms with Crippen molar-refractivity contribution in [1.82, 2.24) is 0 Å². The molecule has 2 heteroatoms. The Morgan fingerprint density at radius 1 is 1.29 bits per heavy atom. The Bertz CT molecular complexity index is 228. The van der Waals surface area contributed by atoms with Gasteiger partial charge in [-0.15, -0.1) is 5.92 Å². The molecule has 2 nitrogen and oxygen atoms in total. The average molecular weight is 194 g/mol. The van der Waals surface area contributed by atoms with E-state index in [4.69, 9.17) is 0 Å². The topological polar surface area (TPSA) is 26.3 Å². The van der Waals surface area contributed by atoms with Gasteiger partial charge in [-0.3, -0.25) is 4.79 Å². The van der Waals surface area contributed by atoms with Gasteiger partial charge in [-0.2, -0.15) is 0 Å². The van der Waals surface area contributed by atoms with E-state index in [1.54, 1.807) is 0 Å². The summed E-state index contributed by atoms with van der Waals surface area (Å²) < 4.78 is 4.50. The van der Waals surface area contributed by atoms with Crippen molar-refractivity contribution in [2.75, 3.05) is 7.11 Å². The van der Waals surface area contributed by atoms with Crippen LogP contribution in [0, 0.1) is 17.8 Å². The summed E-state index contributed by atoms with van der Waals surface area (Å²) in [5.74, 6) is 6.47. The molecule has 1 aliphatic rings. The van der Waals surface area contributed by atoms with E-state index in [0.29, 0.717) is 0 Å². The fourth-order valence-electron chi connectivity index (χ4n) is 1.81. The molecule has 0 spiro atoms. The zero-order chi connectivity index (χ0) is 10.2. The Kier molecular flexibility index (Phi) is 5.14. The lowest BCUT2D eigenvalue weighted by molar-refractivity contribution is -0.139. The van der Waals surface area contributed by atoms with E-state index in [9.17, 15) is 4.79 Å². The molecule has 0 saturated heterocycles. The van der Waals surface area contributed by atoms with E-state index < -0.39 is 0 Å². The van der Waals surface area contributed by atoms with Crippen molar-refractivity contribution >= 4 is 5.97 Å². The Morgan fingerprint density at radius 2 is 2.00 bits per heavy atom. The van der Waals surface area contributed by atoms with Crippen LogP contribution in [0.5, 0.6) is 0 Å². The summed E-state index contributed by atoms with van der Waals surface area (Å²) in [5.41, 5.74) is 0. The number of carbonyl (C=O) groups excluding carboxylic acids is 1. The molecule has 0 aromatic carbocycles. The van der Waals surface area contributed by atoms with E-state index in [1.807, 2.05) is 0 Å². The highest BCUT2D eigenvalue weighted by atomic mass is 16.5. The van der Waals surface area contributed by atoms with Crippen molar-refractivity contribution in [1.29, 1.82) is 0 Å². The lowest BCUT2D eigenvalue weighted by Crippen LogP contribution is -2.04. The molecule has 0 heterocycles. The Balaban J connectivity index is 2.14. The van der Waals surface area contributed by atoms with E-state index in [2.05, 4.69) is 16.6 Å². The first-order valence-electron chi connectivity index (χ1n) is 5.35. The normalized spacial score (nSPS) is 16.9. The highest BCUT2D eigenvalue weighted by Crippen LogP contribution is 2.25. The van der Waals surface area contributed by atoms with Gasteiger partial charge in [0, 0.05) is 6.42 Å². The first-order valence-corrected chi connectivity index (χ1v) is 5.35. The molecule has 0 aromatic heterocycles. The Hall–Kier alpha value is -0.970. The molecule has 0 aliphatic heterocycles. The summed E-state index contributed by atoms with van der Waals surface area (Å²) in [5, 5.41) is 0. The molecule has 0 radical (unpaired) electrons. The van der Waals surface area contributed by atoms with Gasteiger partial charge in [0.05, 0.1) is 7.11 Å². The van der Waals surface area contributed by atoms with Crippen LogP contribution in [0.4, 0.5) is 0 Å². The van der Waals surface area contributed by atoms with Gasteiger partial charge in [-0.25, -0.2) is 0 Å². The van der Waals surface area contributed by atoms with E-state index in [0.717, 1.165) is 12.3 Å². The molecular weight excluding hydrogens is 176 g/mol. The van der Waals surface area contributed by atoms with Gasteiger partial charge in [0.25, 0.3) is 0 Å². The predicted octanol–water partition coefficient (Wildman–Crippen LogP) is 2.52. The summed E-state index contributed by atoms with van der Waals surface area (Å²) in [4.78, 5) is 10.7. The van der Waals surface area contributed by atoms with Crippen LogP contribution in [0.25, 0.3) is 0 Å². The van der Waals surface area contributed by atoms with Crippen molar-refractivity contribution in [3.8, 4) is 11.8 Å². The van der Waals surface area contributed by atoms with Gasteiger partial charge in [0.15, 0.2) is 0 Å². The van der Waals surface area contributed by atoms with Crippen molar-refractivity contribution in [2.24, 2.45) is 5.92 Å². The van der Waals surface area contributed by atoms with Gasteiger partial charge < -0.3 is 4.74 Å². The predicted molar refractivity (Wildman–Crippen MR) is 55.6 cm³/mol. The molecule has 1 rings (SSSR count). The van der Waals surface area contributed by atoms with Crippen LogP contribution in [0.2, 0.25) is 0 Å². The van der Waals surface area contributed by atoms with Crippen molar-refractivity contribution in [2.45, 2.75) is 44.9 Å². The molecular formula is C12H18O2. The largest absolute Gasteiger partial charge is 0.468 e. The quantitative estimate of drug-likeness (QED) is 0.498. The third kappa shape index (κ3) is 4.32. The van der Waals surface area contributed by atoms with E-state index in [-0.39, 0.29) is 12.4 Å². The minimum atomic E-state index is -0.235. The minimum Gasteiger partial charge on any atom is -0.468 e. The monoisotopic (exact) mass is 194 g/mol. The van der Waals surface area contributed by atoms with Crippen LogP contribution in [0.3, 0.4) is 0 Å². The van der Waals surface area contributed by atoms with Gasteiger partial charge >= 0.3 is 5.97 Å². The maximum Gasteiger partial charge on any atom is 0.317 e. The maximum absolute atomic E-state index is 10.7. The van der Waals surface area contributed by atoms with Crippen LogP contribution in [-0.4, -0.2) is 13.1 Å². The molecule has 0 bridgehead atoms. The number of esters is 1. The molecule has 78 valence electrons. The SMILES string of the molecule is COC(=O)CC#CCC1CCCCC1. The number of ether oxygens (including phenoxy) is 1. The third-order valence-corrected chi connectivity index (χ3v) is 2.70. The molecule has 0 amide bonds. The van der Waals surface area contributed by atoms with E-state index in [1.165, 1.54) is 39.2 Å². The zero-order valence-corrected chi connectivity index (χ0v) is 8.84. The van der Waals surface area contributed by atoms with Crippen LogP contribution < -0.4 is 0 Å². The summed E-state index contributed by atoms with van der Waals surface area (Å²) in [6.07, 6.45) is 7.90. The molecule has 1 fully saturated rings. The molecule has 0 aromatic rings. The van der Waals surface area contributed by atoms with Crippen LogP contribution in [-0.2, 0) is 9.53 Å². The minimum absolute atomic E-state index is 0.235. The first-order chi connectivity index (χ1) is 6.83. The first kappa shape index (κ1) is 11.1. The molecule has 14 heavy (non-hydrogen) atoms. The van der Waals surface area contributed by atoms with Crippen molar-refractivity contribution in [3.63, 3.8) is 0 Å². The van der Waals surface area contributed by atoms with Crippen LogP contribution in [0.15, 0.2) is 0 Å². The molecule has 1 saturated carbocycles. The van der Waals surface area contributed by atoms with Gasteiger partial charge in [-0.05, 0) is 18.8 Å². The van der Waals surface area contributed by atoms with Crippen LogP contribution >= 0.6 is 0 Å². The highest BCUT2D eigenvalue weighted by molar-refractivity contribution is 5.72. The second-order valence-electron chi connectivity index (χ2n) is 3.81. The maximum atomic E-state index is 10.7. The summed E-state index contributed by atoms with van der Waals surface area (Å²) >= 11 is 0. The fourth-order valence-corrected chi connectivity index (χ4v) is 1.81. The fraction of sp³-hybridized carbons (Fsp3) is 0.750. The van der Waals surface area contributed by atoms with Gasteiger partial charge in [0.1, 0.15) is 6.42 Å². The second-order valence-corrected chi connectivity index (χ2v) is 3.81. The summed E-state index contributed by atoms with van der Waals surface area (Å²) in [6, 6.07) is 0. The van der Waals surface area contributed by atoms with Gasteiger partial charge in [-0.1, -0.05) is 25.2 Å². The van der Waals surface area contributed by atoms with Gasteiger partial charge in [0.2, 0.25) is 0 Å². The average Bonchev–Trinajstić information content (AvgIpc) is 2.25. The molecule has 0 atom stereocenters. The number of methoxy groups -OCH3 is 1. The summed E-state index contributed by atoms with van der Waals surface area (Å²) in [7, 11) is 1.39. The summed E-state index contributed by atoms with van der Waals surface area (Å²) in [6.45, 7) is 0. The number of hydrogen-bond donors (Lipinski definition) is 0. The number of carbonyl (C=O) groups is 1. The molecule has 1 aliphatic carbocycles. The standard InChI is InChI=1S/C12H18O2/c1-14-12(13)10-6-5-9-11-7-3-2-4-8-11/h11H,2-4,7-10H2,1H3. The van der Waals surface area contributed by atoms with E-state index >= 15 is 0 Å². The van der Waals surface area contributed by atoms with Crippen molar-refractivity contribution in [3.05, 3.63) is 0 Å². The number of rotatable bonds is 2. The lowest BCUT2D eigenvalue weighted by Gasteiger charge is -2.18. The Labute approximate surface area is 86.0 Å². The second kappa shape index (κ2) is 6.48. The van der Waals surface area contributed by atoms with Crippen LogP contribution in [0.1, 0.15) is 44.9 Å². The molecule has 0 unspecified atom stereocenters.